The number of anilines is 1. The lowest BCUT2D eigenvalue weighted by Gasteiger charge is -2.20. The van der Waals surface area contributed by atoms with E-state index in [9.17, 15) is 4.39 Å². The van der Waals surface area contributed by atoms with Crippen LogP contribution in [0, 0.1) is 5.82 Å². The van der Waals surface area contributed by atoms with Gasteiger partial charge in [0.05, 0.1) is 6.04 Å². The monoisotopic (exact) mass is 351 g/mol. The van der Waals surface area contributed by atoms with Crippen molar-refractivity contribution in [2.24, 2.45) is 5.84 Å². The zero-order valence-electron chi connectivity index (χ0n) is 12.1. The Morgan fingerprint density at radius 3 is 2.62 bits per heavy atom. The molecule has 0 aliphatic rings. The van der Waals surface area contributed by atoms with Gasteiger partial charge in [0.15, 0.2) is 0 Å². The van der Waals surface area contributed by atoms with Crippen molar-refractivity contribution in [1.82, 2.24) is 5.43 Å². The van der Waals surface area contributed by atoms with Crippen LogP contribution < -0.4 is 16.2 Å². The fourth-order valence-corrected chi connectivity index (χ4v) is 2.71. The van der Waals surface area contributed by atoms with Crippen molar-refractivity contribution in [3.05, 3.63) is 63.9 Å². The lowest BCUT2D eigenvalue weighted by molar-refractivity contribution is 0.550. The molecule has 0 aliphatic heterocycles. The van der Waals surface area contributed by atoms with E-state index in [1.165, 1.54) is 12.1 Å². The molecule has 0 amide bonds. The van der Waals surface area contributed by atoms with Crippen LogP contribution in [0.5, 0.6) is 0 Å². The quantitative estimate of drug-likeness (QED) is 0.640. The minimum atomic E-state index is -0.252. The maximum atomic E-state index is 13.2. The van der Waals surface area contributed by atoms with Crippen LogP contribution in [0.3, 0.4) is 0 Å². The number of nitrogens with one attached hydrogen (secondary N) is 1. The molecule has 0 aliphatic carbocycles. The molecular formula is C16H19BrFN3. The van der Waals surface area contributed by atoms with Gasteiger partial charge in [-0.15, -0.1) is 0 Å². The van der Waals surface area contributed by atoms with E-state index in [-0.39, 0.29) is 11.9 Å². The highest BCUT2D eigenvalue weighted by Gasteiger charge is 2.13. The number of hydrazine groups is 1. The molecule has 1 atom stereocenters. The predicted octanol–water partition coefficient (Wildman–Crippen LogP) is 3.40. The molecule has 2 rings (SSSR count). The number of nitrogens with two attached hydrogens (primary N) is 1. The summed E-state index contributed by atoms with van der Waals surface area (Å²) in [5.74, 6) is 5.45. The minimum absolute atomic E-state index is 0.0355. The molecule has 0 fully saturated rings. The third-order valence-corrected chi connectivity index (χ3v) is 4.17. The molecule has 2 aromatic carbocycles. The molecule has 0 spiro atoms. The van der Waals surface area contributed by atoms with E-state index in [0.717, 1.165) is 21.3 Å². The molecule has 0 aromatic heterocycles. The predicted molar refractivity (Wildman–Crippen MR) is 88.6 cm³/mol. The summed E-state index contributed by atoms with van der Waals surface area (Å²) in [4.78, 5) is 2.05. The van der Waals surface area contributed by atoms with Crippen molar-refractivity contribution in [2.75, 3.05) is 19.0 Å². The lowest BCUT2D eigenvalue weighted by Crippen LogP contribution is -2.29. The molecule has 3 nitrogen and oxygen atoms in total. The molecule has 1 unspecified atom stereocenters. The van der Waals surface area contributed by atoms with Gasteiger partial charge >= 0.3 is 0 Å². The summed E-state index contributed by atoms with van der Waals surface area (Å²) in [5, 5.41) is 0. The Bertz CT molecular complexity index is 616. The van der Waals surface area contributed by atoms with Gasteiger partial charge in [0.25, 0.3) is 0 Å². The molecule has 0 radical (unpaired) electrons. The van der Waals surface area contributed by atoms with Gasteiger partial charge < -0.3 is 4.90 Å². The van der Waals surface area contributed by atoms with Crippen molar-refractivity contribution < 1.29 is 4.39 Å². The van der Waals surface area contributed by atoms with Gasteiger partial charge in [0, 0.05) is 24.3 Å². The Hall–Kier alpha value is -1.43. The molecule has 0 bridgehead atoms. The average Bonchev–Trinajstić information content (AvgIpc) is 2.46. The van der Waals surface area contributed by atoms with Crippen molar-refractivity contribution in [3.63, 3.8) is 0 Å². The van der Waals surface area contributed by atoms with Crippen molar-refractivity contribution in [1.29, 1.82) is 0 Å². The van der Waals surface area contributed by atoms with Crippen molar-refractivity contribution >= 4 is 21.6 Å². The first kappa shape index (κ1) is 15.9. The molecule has 3 N–H and O–H groups in total. The van der Waals surface area contributed by atoms with E-state index in [2.05, 4.69) is 27.4 Å². The highest BCUT2D eigenvalue weighted by atomic mass is 79.9. The van der Waals surface area contributed by atoms with Crippen molar-refractivity contribution in [3.8, 4) is 0 Å². The Balaban J connectivity index is 2.25. The number of rotatable bonds is 5. The Morgan fingerprint density at radius 1 is 1.24 bits per heavy atom. The van der Waals surface area contributed by atoms with E-state index in [0.29, 0.717) is 6.42 Å². The van der Waals surface area contributed by atoms with Crippen LogP contribution in [-0.2, 0) is 6.42 Å². The van der Waals surface area contributed by atoms with Gasteiger partial charge in [-0.25, -0.2) is 4.39 Å². The number of halogens is 2. The second-order valence-corrected chi connectivity index (χ2v) is 6.00. The zero-order valence-corrected chi connectivity index (χ0v) is 13.7. The standard InChI is InChI=1S/C16H19BrFN3/c1-21(2)14-5-3-4-12(8-14)16(20-19)9-11-6-7-13(18)10-15(11)17/h3-8,10,16,20H,9,19H2,1-2H3. The van der Waals surface area contributed by atoms with Crippen LogP contribution in [0.15, 0.2) is 46.9 Å². The summed E-state index contributed by atoms with van der Waals surface area (Å²) in [5.41, 5.74) is 6.06. The smallest absolute Gasteiger partial charge is 0.124 e. The van der Waals surface area contributed by atoms with E-state index in [1.54, 1.807) is 6.07 Å². The first-order chi connectivity index (χ1) is 10.0. The molecular weight excluding hydrogens is 333 g/mol. The highest BCUT2D eigenvalue weighted by Crippen LogP contribution is 2.26. The first-order valence-corrected chi connectivity index (χ1v) is 7.48. The second-order valence-electron chi connectivity index (χ2n) is 5.15. The summed E-state index contributed by atoms with van der Waals surface area (Å²) in [6.07, 6.45) is 0.675. The molecule has 0 saturated heterocycles. The van der Waals surface area contributed by atoms with E-state index < -0.39 is 0 Å². The molecule has 5 heteroatoms. The van der Waals surface area contributed by atoms with E-state index >= 15 is 0 Å². The molecule has 112 valence electrons. The van der Waals surface area contributed by atoms with Crippen LogP contribution >= 0.6 is 15.9 Å². The number of hydrogen-bond acceptors (Lipinski definition) is 3. The van der Waals surface area contributed by atoms with Gasteiger partial charge in [-0.05, 0) is 41.8 Å². The Kier molecular flexibility index (Phi) is 5.33. The molecule has 0 saturated carbocycles. The summed E-state index contributed by atoms with van der Waals surface area (Å²) in [6.45, 7) is 0. The van der Waals surface area contributed by atoms with Crippen LogP contribution in [0.2, 0.25) is 0 Å². The van der Waals surface area contributed by atoms with Crippen molar-refractivity contribution in [2.45, 2.75) is 12.5 Å². The van der Waals surface area contributed by atoms with E-state index in [4.69, 9.17) is 5.84 Å². The normalized spacial score (nSPS) is 12.2. The molecule has 2 aromatic rings. The van der Waals surface area contributed by atoms with E-state index in [1.807, 2.05) is 37.2 Å². The fraction of sp³-hybridized carbons (Fsp3) is 0.250. The third kappa shape index (κ3) is 4.03. The largest absolute Gasteiger partial charge is 0.378 e. The SMILES string of the molecule is CN(C)c1cccc(C(Cc2ccc(F)cc2Br)NN)c1. The van der Waals surface area contributed by atoms with Gasteiger partial charge in [-0.2, -0.15) is 0 Å². The minimum Gasteiger partial charge on any atom is -0.378 e. The van der Waals surface area contributed by atoms with Gasteiger partial charge in [-0.1, -0.05) is 34.1 Å². The van der Waals surface area contributed by atoms with Gasteiger partial charge in [-0.3, -0.25) is 11.3 Å². The molecule has 21 heavy (non-hydrogen) atoms. The highest BCUT2D eigenvalue weighted by molar-refractivity contribution is 9.10. The van der Waals surface area contributed by atoms with Crippen LogP contribution in [0.4, 0.5) is 10.1 Å². The van der Waals surface area contributed by atoms with Crippen LogP contribution in [0.25, 0.3) is 0 Å². The molecule has 0 heterocycles. The summed E-state index contributed by atoms with van der Waals surface area (Å²) >= 11 is 3.40. The Morgan fingerprint density at radius 2 is 2.00 bits per heavy atom. The fourth-order valence-electron chi connectivity index (χ4n) is 2.20. The average molecular weight is 352 g/mol. The number of hydrogen-bond donors (Lipinski definition) is 2. The van der Waals surface area contributed by atoms with Gasteiger partial charge in [0.1, 0.15) is 5.82 Å². The maximum Gasteiger partial charge on any atom is 0.124 e. The van der Waals surface area contributed by atoms with Crippen LogP contribution in [-0.4, -0.2) is 14.1 Å². The maximum absolute atomic E-state index is 13.2. The summed E-state index contributed by atoms with van der Waals surface area (Å²) in [7, 11) is 4.00. The number of benzene rings is 2. The summed E-state index contributed by atoms with van der Waals surface area (Å²) < 4.78 is 13.9. The van der Waals surface area contributed by atoms with Crippen LogP contribution in [0.1, 0.15) is 17.2 Å². The first-order valence-electron chi connectivity index (χ1n) is 6.68. The topological polar surface area (TPSA) is 41.3 Å². The van der Waals surface area contributed by atoms with Gasteiger partial charge in [0.2, 0.25) is 0 Å². The third-order valence-electron chi connectivity index (χ3n) is 3.43. The number of nitrogens with zero attached hydrogens (tertiary/aromatic N) is 1. The Labute approximate surface area is 133 Å². The lowest BCUT2D eigenvalue weighted by atomic mass is 9.99. The summed E-state index contributed by atoms with van der Waals surface area (Å²) in [6, 6.07) is 12.9. The second kappa shape index (κ2) is 7.02. The zero-order chi connectivity index (χ0) is 15.4.